The first kappa shape index (κ1) is 21.0. The number of hydrogen-bond acceptors (Lipinski definition) is 5. The summed E-state index contributed by atoms with van der Waals surface area (Å²) in [5.41, 5.74) is -0.482. The molecule has 1 heterocycles. The number of aromatic nitrogens is 2. The molecule has 1 aromatic heterocycles. The largest absolute Gasteiger partial charge is 0.444 e. The fourth-order valence-electron chi connectivity index (χ4n) is 2.07. The minimum Gasteiger partial charge on any atom is -0.444 e. The number of aryl methyl sites for hydroxylation is 1. The van der Waals surface area contributed by atoms with Gasteiger partial charge in [0.2, 0.25) is 0 Å². The minimum atomic E-state index is -0.482. The number of hydrogen-bond donors (Lipinski definition) is 2. The first-order valence-corrected chi connectivity index (χ1v) is 9.33. The molecule has 0 spiro atoms. The number of amides is 1. The van der Waals surface area contributed by atoms with Crippen molar-refractivity contribution in [3.63, 3.8) is 0 Å². The number of carbonyl (C=O) groups is 1. The fraction of sp³-hybridized carbons (Fsp3) is 0.750. The molecule has 0 aliphatic rings. The van der Waals surface area contributed by atoms with Crippen LogP contribution in [-0.4, -0.2) is 48.1 Å². The molecule has 7 nitrogen and oxygen atoms in total. The van der Waals surface area contributed by atoms with Crippen LogP contribution in [0.4, 0.5) is 10.6 Å². The van der Waals surface area contributed by atoms with E-state index in [1.165, 1.54) is 0 Å². The Morgan fingerprint density at radius 3 is 2.62 bits per heavy atom. The molecular formula is C16H29IN4O3. The molecule has 24 heavy (non-hydrogen) atoms. The Labute approximate surface area is 158 Å². The summed E-state index contributed by atoms with van der Waals surface area (Å²) >= 11 is 2.30. The monoisotopic (exact) mass is 452 g/mol. The highest BCUT2D eigenvalue weighted by molar-refractivity contribution is 14.1. The molecule has 0 aromatic carbocycles. The van der Waals surface area contributed by atoms with E-state index >= 15 is 0 Å². The predicted molar refractivity (Wildman–Crippen MR) is 104 cm³/mol. The standard InChI is InChI=1S/C16H29IN4O3/c1-6-7-12-20-14(18-5)13(17)21(12)9-11-23-10-8-19-15(22)24-16(2,3)4/h18H,6-11H2,1-5H3,(H,19,22). The van der Waals surface area contributed by atoms with Gasteiger partial charge in [-0.15, -0.1) is 0 Å². The van der Waals surface area contributed by atoms with E-state index < -0.39 is 11.7 Å². The zero-order valence-corrected chi connectivity index (χ0v) is 17.4. The van der Waals surface area contributed by atoms with E-state index in [0.29, 0.717) is 19.8 Å². The van der Waals surface area contributed by atoms with Crippen LogP contribution in [-0.2, 0) is 22.4 Å². The number of rotatable bonds is 9. The third-order valence-electron chi connectivity index (χ3n) is 3.07. The maximum absolute atomic E-state index is 11.5. The maximum atomic E-state index is 11.5. The summed E-state index contributed by atoms with van der Waals surface area (Å²) in [6.45, 7) is 9.85. The van der Waals surface area contributed by atoms with Crippen LogP contribution in [0.1, 0.15) is 39.9 Å². The molecule has 0 fully saturated rings. The summed E-state index contributed by atoms with van der Waals surface area (Å²) in [6, 6.07) is 0. The average Bonchev–Trinajstić information content (AvgIpc) is 2.77. The molecule has 2 N–H and O–H groups in total. The van der Waals surface area contributed by atoms with Crippen LogP contribution in [0.25, 0.3) is 0 Å². The highest BCUT2D eigenvalue weighted by Crippen LogP contribution is 2.20. The molecule has 1 amide bonds. The Hall–Kier alpha value is -1.03. The second kappa shape index (κ2) is 10.1. The smallest absolute Gasteiger partial charge is 0.407 e. The van der Waals surface area contributed by atoms with Gasteiger partial charge in [0, 0.05) is 26.6 Å². The van der Waals surface area contributed by atoms with Gasteiger partial charge < -0.3 is 24.7 Å². The Bertz CT molecular complexity index is 526. The van der Waals surface area contributed by atoms with E-state index in [9.17, 15) is 4.79 Å². The predicted octanol–water partition coefficient (Wildman–Crippen LogP) is 3.02. The number of halogens is 1. The van der Waals surface area contributed by atoms with Gasteiger partial charge in [0.1, 0.15) is 15.1 Å². The maximum Gasteiger partial charge on any atom is 0.407 e. The molecule has 0 aliphatic heterocycles. The van der Waals surface area contributed by atoms with Crippen LogP contribution in [0.2, 0.25) is 0 Å². The Morgan fingerprint density at radius 2 is 2.04 bits per heavy atom. The van der Waals surface area contributed by atoms with Gasteiger partial charge in [-0.25, -0.2) is 9.78 Å². The van der Waals surface area contributed by atoms with E-state index in [0.717, 1.165) is 34.7 Å². The summed E-state index contributed by atoms with van der Waals surface area (Å²) in [6.07, 6.45) is 1.58. The van der Waals surface area contributed by atoms with Gasteiger partial charge in [0.25, 0.3) is 0 Å². The number of nitrogens with one attached hydrogen (secondary N) is 2. The Balaban J connectivity index is 2.33. The van der Waals surface area contributed by atoms with E-state index in [-0.39, 0.29) is 0 Å². The van der Waals surface area contributed by atoms with Crippen molar-refractivity contribution in [2.45, 2.75) is 52.7 Å². The van der Waals surface area contributed by atoms with Crippen molar-refractivity contribution in [3.8, 4) is 0 Å². The molecule has 0 aliphatic carbocycles. The molecule has 0 unspecified atom stereocenters. The molecule has 0 saturated heterocycles. The van der Waals surface area contributed by atoms with Crippen molar-refractivity contribution in [2.24, 2.45) is 0 Å². The SMILES string of the molecule is CCCc1nc(NC)c(I)n1CCOCCNC(=O)OC(C)(C)C. The van der Waals surface area contributed by atoms with Crippen molar-refractivity contribution in [3.05, 3.63) is 9.53 Å². The minimum absolute atomic E-state index is 0.417. The molecule has 0 bridgehead atoms. The third kappa shape index (κ3) is 7.25. The first-order chi connectivity index (χ1) is 11.3. The van der Waals surface area contributed by atoms with Crippen molar-refractivity contribution in [2.75, 3.05) is 32.1 Å². The number of ether oxygens (including phenoxy) is 2. The third-order valence-corrected chi connectivity index (χ3v) is 4.16. The number of imidazole rings is 1. The summed E-state index contributed by atoms with van der Waals surface area (Å²) in [7, 11) is 1.88. The zero-order chi connectivity index (χ0) is 18.2. The highest BCUT2D eigenvalue weighted by Gasteiger charge is 2.15. The quantitative estimate of drug-likeness (QED) is 0.445. The Kier molecular flexibility index (Phi) is 8.82. The van der Waals surface area contributed by atoms with Gasteiger partial charge >= 0.3 is 6.09 Å². The second-order valence-electron chi connectivity index (χ2n) is 6.36. The van der Waals surface area contributed by atoms with Crippen LogP contribution < -0.4 is 10.6 Å². The lowest BCUT2D eigenvalue weighted by Crippen LogP contribution is -2.34. The van der Waals surface area contributed by atoms with Crippen molar-refractivity contribution in [1.82, 2.24) is 14.9 Å². The van der Waals surface area contributed by atoms with E-state index in [4.69, 9.17) is 9.47 Å². The lowest BCUT2D eigenvalue weighted by Gasteiger charge is -2.19. The average molecular weight is 452 g/mol. The lowest BCUT2D eigenvalue weighted by molar-refractivity contribution is 0.0497. The molecule has 1 aromatic rings. The van der Waals surface area contributed by atoms with Gasteiger partial charge in [0.15, 0.2) is 5.82 Å². The van der Waals surface area contributed by atoms with Crippen molar-refractivity contribution in [1.29, 1.82) is 0 Å². The lowest BCUT2D eigenvalue weighted by atomic mass is 10.2. The normalized spacial score (nSPS) is 11.4. The van der Waals surface area contributed by atoms with E-state index in [1.54, 1.807) is 0 Å². The van der Waals surface area contributed by atoms with Gasteiger partial charge in [-0.3, -0.25) is 0 Å². The molecule has 0 radical (unpaired) electrons. The number of alkyl carbamates (subject to hydrolysis) is 1. The summed E-state index contributed by atoms with van der Waals surface area (Å²) in [4.78, 5) is 16.1. The Morgan fingerprint density at radius 1 is 1.33 bits per heavy atom. The molecule has 138 valence electrons. The van der Waals surface area contributed by atoms with Crippen LogP contribution in [0.3, 0.4) is 0 Å². The molecule has 8 heteroatoms. The van der Waals surface area contributed by atoms with Crippen LogP contribution in [0.15, 0.2) is 0 Å². The van der Waals surface area contributed by atoms with Gasteiger partial charge in [-0.2, -0.15) is 0 Å². The molecule has 0 saturated carbocycles. The van der Waals surface area contributed by atoms with E-state index in [1.807, 2.05) is 27.8 Å². The van der Waals surface area contributed by atoms with Gasteiger partial charge in [0.05, 0.1) is 13.2 Å². The van der Waals surface area contributed by atoms with Gasteiger partial charge in [-0.05, 0) is 49.8 Å². The number of anilines is 1. The van der Waals surface area contributed by atoms with Crippen molar-refractivity contribution < 1.29 is 14.3 Å². The summed E-state index contributed by atoms with van der Waals surface area (Å²) in [5, 5.41) is 5.79. The number of nitrogens with zero attached hydrogens (tertiary/aromatic N) is 2. The summed E-state index contributed by atoms with van der Waals surface area (Å²) < 4.78 is 14.0. The molecule has 0 atom stereocenters. The topological polar surface area (TPSA) is 77.4 Å². The van der Waals surface area contributed by atoms with Crippen LogP contribution in [0, 0.1) is 3.70 Å². The van der Waals surface area contributed by atoms with E-state index in [2.05, 4.69) is 49.7 Å². The summed E-state index contributed by atoms with van der Waals surface area (Å²) in [5.74, 6) is 1.98. The molecule has 1 rings (SSSR count). The first-order valence-electron chi connectivity index (χ1n) is 8.25. The van der Waals surface area contributed by atoms with Crippen LogP contribution >= 0.6 is 22.6 Å². The fourth-order valence-corrected chi connectivity index (χ4v) is 2.98. The zero-order valence-electron chi connectivity index (χ0n) is 15.2. The van der Waals surface area contributed by atoms with Crippen LogP contribution in [0.5, 0.6) is 0 Å². The van der Waals surface area contributed by atoms with Crippen molar-refractivity contribution >= 4 is 34.5 Å². The number of carbonyl (C=O) groups excluding carboxylic acids is 1. The second-order valence-corrected chi connectivity index (χ2v) is 7.38. The highest BCUT2D eigenvalue weighted by atomic mass is 127. The van der Waals surface area contributed by atoms with Gasteiger partial charge in [-0.1, -0.05) is 6.92 Å². The molecular weight excluding hydrogens is 423 g/mol.